The van der Waals surface area contributed by atoms with Gasteiger partial charge in [0.15, 0.2) is 0 Å². The van der Waals surface area contributed by atoms with Gasteiger partial charge in [0.25, 0.3) is 0 Å². The molecule has 0 radical (unpaired) electrons. The van der Waals surface area contributed by atoms with Crippen LogP contribution in [0.4, 0.5) is 0 Å². The zero-order valence-corrected chi connectivity index (χ0v) is 12.1. The van der Waals surface area contributed by atoms with E-state index < -0.39 is 0 Å². The third kappa shape index (κ3) is 3.03. The largest absolute Gasteiger partial charge is 0.326 e. The van der Waals surface area contributed by atoms with Crippen molar-refractivity contribution in [2.75, 3.05) is 6.54 Å². The lowest BCUT2D eigenvalue weighted by atomic mass is 9.70. The fourth-order valence-corrected chi connectivity index (χ4v) is 3.33. The Morgan fingerprint density at radius 2 is 1.88 bits per heavy atom. The van der Waals surface area contributed by atoms with Gasteiger partial charge in [0.1, 0.15) is 0 Å². The molecule has 2 aliphatic rings. The van der Waals surface area contributed by atoms with E-state index in [4.69, 9.17) is 5.73 Å². The van der Waals surface area contributed by atoms with E-state index in [1.165, 1.54) is 38.6 Å². The van der Waals surface area contributed by atoms with Gasteiger partial charge in [-0.05, 0) is 50.9 Å². The number of rotatable bonds is 4. The van der Waals surface area contributed by atoms with Gasteiger partial charge >= 0.3 is 0 Å². The predicted molar refractivity (Wildman–Crippen MR) is 74.0 cm³/mol. The Balaban J connectivity index is 2.05. The molecule has 2 rings (SSSR count). The molecule has 2 unspecified atom stereocenters. The van der Waals surface area contributed by atoms with Gasteiger partial charge in [0.05, 0.1) is 0 Å². The molecule has 2 heteroatoms. The van der Waals surface area contributed by atoms with E-state index in [1.807, 2.05) is 0 Å². The average molecular weight is 238 g/mol. The molecule has 0 amide bonds. The molecule has 0 aromatic heterocycles. The summed E-state index contributed by atoms with van der Waals surface area (Å²) in [6, 6.07) is 1.59. The van der Waals surface area contributed by atoms with Crippen LogP contribution in [-0.4, -0.2) is 29.6 Å². The molecule has 0 spiro atoms. The zero-order chi connectivity index (χ0) is 12.6. The van der Waals surface area contributed by atoms with Crippen molar-refractivity contribution >= 4 is 0 Å². The first-order chi connectivity index (χ1) is 7.92. The molecular formula is C15H30N2. The maximum atomic E-state index is 6.55. The Morgan fingerprint density at radius 3 is 2.41 bits per heavy atom. The SMILES string of the molecule is CC(C)N(CC1CC1)C1CCCC(C)(C)C1N. The standard InChI is InChI=1S/C15H30N2/c1-11(2)17(10-12-7-8-12)13-6-5-9-15(3,4)14(13)16/h11-14H,5-10,16H2,1-4H3. The number of hydrogen-bond donors (Lipinski definition) is 1. The van der Waals surface area contributed by atoms with Gasteiger partial charge in [-0.2, -0.15) is 0 Å². The van der Waals surface area contributed by atoms with E-state index in [9.17, 15) is 0 Å². The number of nitrogens with zero attached hydrogens (tertiary/aromatic N) is 1. The van der Waals surface area contributed by atoms with Crippen LogP contribution in [0.2, 0.25) is 0 Å². The quantitative estimate of drug-likeness (QED) is 0.816. The second-order valence-electron chi connectivity index (χ2n) is 7.21. The lowest BCUT2D eigenvalue weighted by molar-refractivity contribution is 0.0448. The second-order valence-corrected chi connectivity index (χ2v) is 7.21. The molecule has 17 heavy (non-hydrogen) atoms. The maximum Gasteiger partial charge on any atom is 0.0255 e. The molecule has 2 nitrogen and oxygen atoms in total. The molecule has 2 aliphatic carbocycles. The van der Waals surface area contributed by atoms with Crippen LogP contribution >= 0.6 is 0 Å². The Kier molecular flexibility index (Phi) is 3.84. The highest BCUT2D eigenvalue weighted by atomic mass is 15.2. The van der Waals surface area contributed by atoms with Gasteiger partial charge < -0.3 is 5.73 Å². The van der Waals surface area contributed by atoms with E-state index >= 15 is 0 Å². The summed E-state index contributed by atoms with van der Waals surface area (Å²) in [6.07, 6.45) is 6.82. The molecule has 2 saturated carbocycles. The normalized spacial score (nSPS) is 33.4. The van der Waals surface area contributed by atoms with Crippen molar-refractivity contribution in [2.24, 2.45) is 17.1 Å². The van der Waals surface area contributed by atoms with Crippen LogP contribution in [0.15, 0.2) is 0 Å². The van der Waals surface area contributed by atoms with Gasteiger partial charge in [-0.15, -0.1) is 0 Å². The zero-order valence-electron chi connectivity index (χ0n) is 12.1. The van der Waals surface area contributed by atoms with Gasteiger partial charge in [-0.1, -0.05) is 20.3 Å². The third-order valence-electron chi connectivity index (χ3n) is 4.89. The minimum absolute atomic E-state index is 0.319. The van der Waals surface area contributed by atoms with Crippen LogP contribution in [0.3, 0.4) is 0 Å². The summed E-state index contributed by atoms with van der Waals surface area (Å²) in [5.74, 6) is 0.967. The van der Waals surface area contributed by atoms with E-state index in [-0.39, 0.29) is 0 Å². The highest BCUT2D eigenvalue weighted by molar-refractivity contribution is 4.98. The van der Waals surface area contributed by atoms with Crippen molar-refractivity contribution in [3.63, 3.8) is 0 Å². The molecule has 0 heterocycles. The Morgan fingerprint density at radius 1 is 1.24 bits per heavy atom. The molecule has 100 valence electrons. The minimum Gasteiger partial charge on any atom is -0.326 e. The topological polar surface area (TPSA) is 29.3 Å². The van der Waals surface area contributed by atoms with Crippen molar-refractivity contribution in [2.45, 2.75) is 77.9 Å². The maximum absolute atomic E-state index is 6.55. The van der Waals surface area contributed by atoms with E-state index in [0.29, 0.717) is 23.5 Å². The summed E-state index contributed by atoms with van der Waals surface area (Å²) in [4.78, 5) is 2.70. The van der Waals surface area contributed by atoms with Crippen LogP contribution in [0.1, 0.15) is 59.8 Å². The van der Waals surface area contributed by atoms with Crippen molar-refractivity contribution < 1.29 is 0 Å². The van der Waals surface area contributed by atoms with Crippen molar-refractivity contribution in [3.05, 3.63) is 0 Å². The Hall–Kier alpha value is -0.0800. The van der Waals surface area contributed by atoms with E-state index in [1.54, 1.807) is 0 Å². The highest BCUT2D eigenvalue weighted by Gasteiger charge is 2.41. The molecule has 0 bridgehead atoms. The van der Waals surface area contributed by atoms with Gasteiger partial charge in [-0.25, -0.2) is 0 Å². The van der Waals surface area contributed by atoms with E-state index in [0.717, 1.165) is 5.92 Å². The molecule has 2 fully saturated rings. The molecule has 2 N–H and O–H groups in total. The van der Waals surface area contributed by atoms with Crippen molar-refractivity contribution in [3.8, 4) is 0 Å². The second kappa shape index (κ2) is 4.89. The van der Waals surface area contributed by atoms with Gasteiger partial charge in [-0.3, -0.25) is 4.90 Å². The molecule has 2 atom stereocenters. The molecule has 0 aromatic carbocycles. The fourth-order valence-electron chi connectivity index (χ4n) is 3.33. The molecule has 0 saturated heterocycles. The summed E-state index contributed by atoms with van der Waals surface area (Å²) in [7, 11) is 0. The number of nitrogens with two attached hydrogens (primary N) is 1. The Bertz CT molecular complexity index is 256. The summed E-state index contributed by atoms with van der Waals surface area (Å²) >= 11 is 0. The van der Waals surface area contributed by atoms with E-state index in [2.05, 4.69) is 32.6 Å². The molecule has 0 aliphatic heterocycles. The monoisotopic (exact) mass is 238 g/mol. The van der Waals surface area contributed by atoms with Crippen LogP contribution in [-0.2, 0) is 0 Å². The van der Waals surface area contributed by atoms with Crippen LogP contribution in [0.25, 0.3) is 0 Å². The molecular weight excluding hydrogens is 208 g/mol. The lowest BCUT2D eigenvalue weighted by Gasteiger charge is -2.48. The van der Waals surface area contributed by atoms with Crippen LogP contribution in [0.5, 0.6) is 0 Å². The van der Waals surface area contributed by atoms with Gasteiger partial charge in [0.2, 0.25) is 0 Å². The average Bonchev–Trinajstić information content (AvgIpc) is 3.02. The van der Waals surface area contributed by atoms with Crippen LogP contribution < -0.4 is 5.73 Å². The summed E-state index contributed by atoms with van der Waals surface area (Å²) in [5.41, 5.74) is 6.87. The predicted octanol–water partition coefficient (Wildman–Crippen LogP) is 3.01. The molecule has 0 aromatic rings. The summed E-state index contributed by atoms with van der Waals surface area (Å²) in [5, 5.41) is 0. The minimum atomic E-state index is 0.319. The smallest absolute Gasteiger partial charge is 0.0255 e. The van der Waals surface area contributed by atoms with Crippen LogP contribution in [0, 0.1) is 11.3 Å². The third-order valence-corrected chi connectivity index (χ3v) is 4.89. The van der Waals surface area contributed by atoms with Crippen molar-refractivity contribution in [1.82, 2.24) is 4.90 Å². The lowest BCUT2D eigenvalue weighted by Crippen LogP contribution is -2.58. The Labute approximate surface area is 107 Å². The fraction of sp³-hybridized carbons (Fsp3) is 1.00. The van der Waals surface area contributed by atoms with Crippen molar-refractivity contribution in [1.29, 1.82) is 0 Å². The van der Waals surface area contributed by atoms with Gasteiger partial charge in [0, 0.05) is 24.7 Å². The first kappa shape index (κ1) is 13.4. The highest BCUT2D eigenvalue weighted by Crippen LogP contribution is 2.39. The first-order valence-electron chi connectivity index (χ1n) is 7.43. The number of hydrogen-bond acceptors (Lipinski definition) is 2. The summed E-state index contributed by atoms with van der Waals surface area (Å²) in [6.45, 7) is 10.6. The first-order valence-corrected chi connectivity index (χ1v) is 7.43. The summed E-state index contributed by atoms with van der Waals surface area (Å²) < 4.78 is 0.